The van der Waals surface area contributed by atoms with Crippen molar-refractivity contribution in [1.29, 1.82) is 0 Å². The fraction of sp³-hybridized carbons (Fsp3) is 0.909. The quantitative estimate of drug-likeness (QED) is 0.0546. The normalized spacial score (nSPS) is 11.6. The van der Waals surface area contributed by atoms with E-state index in [2.05, 4.69) is 19.2 Å². The minimum absolute atomic E-state index is 0. The average molecular weight is 800 g/mol. The summed E-state index contributed by atoms with van der Waals surface area (Å²) in [6.45, 7) is 6.41. The molecule has 314 valence electrons. The molecule has 0 aromatic carbocycles. The zero-order valence-corrected chi connectivity index (χ0v) is 40.7. The van der Waals surface area contributed by atoms with Gasteiger partial charge in [0.15, 0.2) is 0 Å². The van der Waals surface area contributed by atoms with E-state index >= 15 is 0 Å². The zero-order chi connectivity index (χ0) is 39.6. The smallest absolute Gasteiger partial charge is 0.550 e. The summed E-state index contributed by atoms with van der Waals surface area (Å²) >= 11 is 0. The predicted molar refractivity (Wildman–Crippen MR) is 213 cm³/mol. The maximum atomic E-state index is 11.8. The van der Waals surface area contributed by atoms with E-state index in [-0.39, 0.29) is 77.9 Å². The van der Waals surface area contributed by atoms with Crippen LogP contribution in [0.4, 0.5) is 0 Å². The molecule has 1 amide bonds. The van der Waals surface area contributed by atoms with Crippen molar-refractivity contribution in [3.8, 4) is 0 Å². The van der Waals surface area contributed by atoms with E-state index in [9.17, 15) is 29.4 Å². The fourth-order valence-electron chi connectivity index (χ4n) is 6.38. The molecule has 9 nitrogen and oxygen atoms in total. The number of aliphatic hydroxyl groups is 1. The number of carboxylic acid groups (broad SMARTS) is 2. The van der Waals surface area contributed by atoms with Crippen molar-refractivity contribution in [2.75, 3.05) is 6.61 Å². The summed E-state index contributed by atoms with van der Waals surface area (Å²) in [5.74, 6) is -3.67. The largest absolute Gasteiger partial charge is 1.00 e. The number of amides is 1. The van der Waals surface area contributed by atoms with Crippen molar-refractivity contribution < 1.29 is 98.3 Å². The van der Waals surface area contributed by atoms with Gasteiger partial charge in [-0.25, -0.2) is 4.79 Å². The summed E-state index contributed by atoms with van der Waals surface area (Å²) in [6.07, 6.45) is 38.7. The molecule has 2 atom stereocenters. The third-order valence-corrected chi connectivity index (χ3v) is 9.85. The van der Waals surface area contributed by atoms with Gasteiger partial charge in [-0.1, -0.05) is 200 Å². The van der Waals surface area contributed by atoms with Crippen molar-refractivity contribution in [3.05, 3.63) is 0 Å². The van der Waals surface area contributed by atoms with Crippen LogP contribution in [0.25, 0.3) is 0 Å². The predicted octanol–water partition coefficient (Wildman–Crippen LogP) is 3.19. The first kappa shape index (κ1) is 61.5. The molecule has 0 radical (unpaired) electrons. The molecular formula is C44H83NNa2O8. The molecule has 0 aliphatic heterocycles. The van der Waals surface area contributed by atoms with Crippen molar-refractivity contribution in [2.24, 2.45) is 0 Å². The number of nitrogens with one attached hydrogen (secondary N) is 1. The van der Waals surface area contributed by atoms with Crippen LogP contribution in [0, 0.1) is 0 Å². The topological polar surface area (TPSA) is 156 Å². The third-order valence-electron chi connectivity index (χ3n) is 9.85. The minimum Gasteiger partial charge on any atom is -0.550 e. The molecule has 0 spiro atoms. The molecule has 1 unspecified atom stereocenters. The number of hydrogen-bond donors (Lipinski definition) is 2. The maximum Gasteiger partial charge on any atom is 1.00 e. The molecule has 0 fully saturated rings. The molecule has 0 aromatic heterocycles. The van der Waals surface area contributed by atoms with E-state index in [4.69, 9.17) is 9.84 Å². The first-order valence-electron chi connectivity index (χ1n) is 22.2. The molecule has 0 aromatic rings. The first-order valence-corrected chi connectivity index (χ1v) is 22.2. The summed E-state index contributed by atoms with van der Waals surface area (Å²) in [6, 6.07) is -1.27. The van der Waals surface area contributed by atoms with Gasteiger partial charge in [0.25, 0.3) is 0 Å². The molecule has 0 aliphatic rings. The Morgan fingerprint density at radius 1 is 0.509 bits per heavy atom. The standard InChI is InChI=1S/C23H43NO5.C21H42O3.2Na/c1-2-3-4-5-6-7-8-9-10-11-12-13-14-15-16-17-21(25)24-20(23(28)29)18-19-22(26)27;1-3-4-5-6-7-8-9-10-11-12-13-14-15-16-17-18-19-24-21(23)20(2)22;;/h20H,2-19H2,1H3,(H,24,25)(H,26,27)(H,28,29);20,22H,3-19H2,1-2H3;;/q;;2*+1/p-2/t20-;;;/m0.../s1. The molecule has 0 aliphatic carbocycles. The Labute approximate surface area is 382 Å². The molecule has 0 bridgehead atoms. The number of esters is 1. The molecule has 2 N–H and O–H groups in total. The molecule has 0 heterocycles. The Morgan fingerprint density at radius 3 is 1.11 bits per heavy atom. The number of carboxylic acids is 2. The van der Waals surface area contributed by atoms with E-state index in [1.54, 1.807) is 0 Å². The summed E-state index contributed by atoms with van der Waals surface area (Å²) < 4.78 is 4.93. The molecule has 11 heteroatoms. The van der Waals surface area contributed by atoms with Crippen molar-refractivity contribution >= 4 is 23.8 Å². The SMILES string of the molecule is CCCCCCCCCCCCCCCCCC(=O)N[C@@H](CCC(=O)[O-])C(=O)[O-].CCCCCCCCCCCCCCCCCCOC(=O)C(C)O.[Na+].[Na+]. The van der Waals surface area contributed by atoms with E-state index in [0.29, 0.717) is 13.0 Å². The third kappa shape index (κ3) is 51.8. The summed E-state index contributed by atoms with van der Waals surface area (Å²) in [5.41, 5.74) is 0. The van der Waals surface area contributed by atoms with E-state index in [0.717, 1.165) is 25.7 Å². The van der Waals surface area contributed by atoms with Crippen LogP contribution < -0.4 is 74.6 Å². The monoisotopic (exact) mass is 800 g/mol. The second kappa shape index (κ2) is 50.0. The van der Waals surface area contributed by atoms with E-state index in [1.165, 1.54) is 174 Å². The number of carbonyl (C=O) groups is 4. The van der Waals surface area contributed by atoms with Gasteiger partial charge in [-0.15, -0.1) is 0 Å². The van der Waals surface area contributed by atoms with Gasteiger partial charge in [-0.2, -0.15) is 0 Å². The Bertz CT molecular complexity index is 847. The van der Waals surface area contributed by atoms with E-state index < -0.39 is 36.5 Å². The Morgan fingerprint density at radius 2 is 0.818 bits per heavy atom. The van der Waals surface area contributed by atoms with Gasteiger partial charge in [-0.3, -0.25) is 4.79 Å². The molecular weight excluding hydrogens is 716 g/mol. The van der Waals surface area contributed by atoms with Crippen molar-refractivity contribution in [1.82, 2.24) is 5.32 Å². The van der Waals surface area contributed by atoms with Gasteiger partial charge in [0.2, 0.25) is 5.91 Å². The second-order valence-electron chi connectivity index (χ2n) is 15.2. The Balaban J connectivity index is -0.000000464. The van der Waals surface area contributed by atoms with Crippen LogP contribution in [0.15, 0.2) is 0 Å². The Kier molecular flexibility index (Phi) is 55.9. The summed E-state index contributed by atoms with van der Waals surface area (Å²) in [4.78, 5) is 44.1. The number of aliphatic carboxylic acids is 2. The van der Waals surface area contributed by atoms with Crippen LogP contribution in [0.1, 0.15) is 239 Å². The van der Waals surface area contributed by atoms with Crippen molar-refractivity contribution in [3.63, 3.8) is 0 Å². The van der Waals surface area contributed by atoms with Gasteiger partial charge in [0.1, 0.15) is 6.10 Å². The number of unbranched alkanes of at least 4 members (excludes halogenated alkanes) is 29. The molecule has 0 saturated carbocycles. The zero-order valence-electron chi connectivity index (χ0n) is 36.7. The number of carbonyl (C=O) groups excluding carboxylic acids is 4. The minimum atomic E-state index is -1.46. The van der Waals surface area contributed by atoms with Crippen LogP contribution in [0.5, 0.6) is 0 Å². The molecule has 0 saturated heterocycles. The van der Waals surface area contributed by atoms with Crippen LogP contribution in [0.2, 0.25) is 0 Å². The summed E-state index contributed by atoms with van der Waals surface area (Å²) in [7, 11) is 0. The summed E-state index contributed by atoms with van der Waals surface area (Å²) in [5, 5.41) is 32.6. The second-order valence-corrected chi connectivity index (χ2v) is 15.2. The van der Waals surface area contributed by atoms with Crippen LogP contribution in [-0.2, 0) is 23.9 Å². The van der Waals surface area contributed by atoms with Crippen LogP contribution in [0.3, 0.4) is 0 Å². The number of hydrogen-bond acceptors (Lipinski definition) is 8. The number of rotatable bonds is 39. The average Bonchev–Trinajstić information content (AvgIpc) is 3.12. The van der Waals surface area contributed by atoms with Crippen LogP contribution >= 0.6 is 0 Å². The number of ether oxygens (including phenoxy) is 1. The van der Waals surface area contributed by atoms with Crippen molar-refractivity contribution in [2.45, 2.75) is 251 Å². The molecule has 0 rings (SSSR count). The number of aliphatic hydroxyl groups excluding tert-OH is 1. The molecule has 55 heavy (non-hydrogen) atoms. The first-order chi connectivity index (χ1) is 25.6. The van der Waals surface area contributed by atoms with Crippen LogP contribution in [-0.4, -0.2) is 47.7 Å². The van der Waals surface area contributed by atoms with E-state index in [1.807, 2.05) is 0 Å². The maximum absolute atomic E-state index is 11.8. The van der Waals surface area contributed by atoms with Gasteiger partial charge < -0.3 is 35.0 Å². The Hall–Kier alpha value is -0.160. The van der Waals surface area contributed by atoms with Gasteiger partial charge in [0.05, 0.1) is 18.6 Å². The van der Waals surface area contributed by atoms with Gasteiger partial charge in [0, 0.05) is 12.4 Å². The fourth-order valence-corrected chi connectivity index (χ4v) is 6.38. The van der Waals surface area contributed by atoms with Gasteiger partial charge >= 0.3 is 65.1 Å². The van der Waals surface area contributed by atoms with Gasteiger partial charge in [-0.05, 0) is 32.6 Å².